The summed E-state index contributed by atoms with van der Waals surface area (Å²) < 4.78 is 0. The largest absolute Gasteiger partial charge is 0.330 e. The van der Waals surface area contributed by atoms with Gasteiger partial charge in [0.2, 0.25) is 5.91 Å². The Balaban J connectivity index is 2.07. The van der Waals surface area contributed by atoms with Crippen LogP contribution in [-0.4, -0.2) is 36.5 Å². The fraction of sp³-hybridized carbons (Fsp3) is 0.611. The van der Waals surface area contributed by atoms with Gasteiger partial charge in [0.25, 0.3) is 0 Å². The first-order chi connectivity index (χ1) is 10.3. The molecule has 1 aliphatic heterocycles. The van der Waals surface area contributed by atoms with Crippen LogP contribution in [0.4, 0.5) is 5.69 Å². The van der Waals surface area contributed by atoms with Gasteiger partial charge in [-0.1, -0.05) is 24.6 Å². The third kappa shape index (κ3) is 3.50. The number of hydrogen-bond acceptors (Lipinski definition) is 3. The lowest BCUT2D eigenvalue weighted by Crippen LogP contribution is -2.42. The van der Waals surface area contributed by atoms with Crippen LogP contribution in [0.3, 0.4) is 0 Å². The lowest BCUT2D eigenvalue weighted by molar-refractivity contribution is -0.120. The van der Waals surface area contributed by atoms with Gasteiger partial charge in [-0.2, -0.15) is 0 Å². The smallest absolute Gasteiger partial charge is 0.241 e. The summed E-state index contributed by atoms with van der Waals surface area (Å²) in [6.45, 7) is 12.9. The number of aryl methyl sites for hydroxylation is 3. The molecular weight excluding hydrogens is 274 g/mol. The van der Waals surface area contributed by atoms with Crippen LogP contribution in [0.15, 0.2) is 12.1 Å². The zero-order chi connectivity index (χ0) is 16.5. The van der Waals surface area contributed by atoms with E-state index in [9.17, 15) is 4.79 Å². The summed E-state index contributed by atoms with van der Waals surface area (Å²) in [5.74, 6) is 0.0660. The van der Waals surface area contributed by atoms with Crippen LogP contribution in [0, 0.1) is 26.2 Å². The molecule has 1 fully saturated rings. The molecular formula is C18H29N3O. The van der Waals surface area contributed by atoms with Crippen LogP contribution in [0.5, 0.6) is 0 Å². The third-order valence-corrected chi connectivity index (χ3v) is 4.93. The number of nitrogens with one attached hydrogen (secondary N) is 1. The van der Waals surface area contributed by atoms with Crippen molar-refractivity contribution in [1.82, 2.24) is 4.90 Å². The zero-order valence-corrected chi connectivity index (χ0v) is 14.5. The molecule has 3 N–H and O–H groups in total. The van der Waals surface area contributed by atoms with Gasteiger partial charge in [0.05, 0.1) is 6.04 Å². The standard InChI is InChI=1S/C18H29N3O/c1-12-8-13(2)16(14(3)9-12)20-17(22)15(4)21-7-6-18(5,10-19)11-21/h8-9,15H,6-7,10-11,19H2,1-5H3,(H,20,22). The van der Waals surface area contributed by atoms with Crippen LogP contribution < -0.4 is 11.1 Å². The first-order valence-electron chi connectivity index (χ1n) is 8.08. The van der Waals surface area contributed by atoms with E-state index in [1.165, 1.54) is 5.56 Å². The Bertz CT molecular complexity index is 546. The minimum absolute atomic E-state index is 0.0660. The number of benzene rings is 1. The van der Waals surface area contributed by atoms with E-state index in [4.69, 9.17) is 5.73 Å². The van der Waals surface area contributed by atoms with Gasteiger partial charge in [0.15, 0.2) is 0 Å². The van der Waals surface area contributed by atoms with Crippen molar-refractivity contribution in [2.24, 2.45) is 11.1 Å². The van der Waals surface area contributed by atoms with Crippen LogP contribution in [0.1, 0.15) is 37.0 Å². The molecule has 0 bridgehead atoms. The lowest BCUT2D eigenvalue weighted by atomic mass is 9.90. The Labute approximate surface area is 134 Å². The fourth-order valence-electron chi connectivity index (χ4n) is 3.33. The molecule has 1 amide bonds. The Morgan fingerprint density at radius 3 is 2.45 bits per heavy atom. The van der Waals surface area contributed by atoms with Gasteiger partial charge in [-0.25, -0.2) is 0 Å². The Hall–Kier alpha value is -1.39. The summed E-state index contributed by atoms with van der Waals surface area (Å²) in [5, 5.41) is 3.12. The first kappa shape index (κ1) is 17.0. The second kappa shape index (κ2) is 6.39. The van der Waals surface area contributed by atoms with Crippen molar-refractivity contribution in [3.05, 3.63) is 28.8 Å². The number of likely N-dealkylation sites (tertiary alicyclic amines) is 1. The number of amides is 1. The Kier molecular flexibility index (Phi) is 4.93. The zero-order valence-electron chi connectivity index (χ0n) is 14.5. The first-order valence-corrected chi connectivity index (χ1v) is 8.08. The molecule has 122 valence electrons. The van der Waals surface area contributed by atoms with Gasteiger partial charge < -0.3 is 11.1 Å². The number of nitrogens with two attached hydrogens (primary N) is 1. The summed E-state index contributed by atoms with van der Waals surface area (Å²) in [6, 6.07) is 4.08. The molecule has 1 aromatic rings. The molecule has 0 aromatic heterocycles. The van der Waals surface area contributed by atoms with Crippen LogP contribution in [-0.2, 0) is 4.79 Å². The molecule has 0 saturated carbocycles. The van der Waals surface area contributed by atoms with Gasteiger partial charge in [-0.05, 0) is 63.7 Å². The Morgan fingerprint density at radius 1 is 1.36 bits per heavy atom. The summed E-state index contributed by atoms with van der Waals surface area (Å²) in [6.07, 6.45) is 1.06. The van der Waals surface area contributed by atoms with Gasteiger partial charge in [-0.3, -0.25) is 9.69 Å². The fourth-order valence-corrected chi connectivity index (χ4v) is 3.33. The molecule has 0 spiro atoms. The van der Waals surface area contributed by atoms with E-state index in [-0.39, 0.29) is 17.4 Å². The minimum Gasteiger partial charge on any atom is -0.330 e. The van der Waals surface area contributed by atoms with Crippen molar-refractivity contribution < 1.29 is 4.79 Å². The highest BCUT2D eigenvalue weighted by Gasteiger charge is 2.36. The van der Waals surface area contributed by atoms with Crippen molar-refractivity contribution in [3.8, 4) is 0 Å². The van der Waals surface area contributed by atoms with Crippen LogP contribution in [0.2, 0.25) is 0 Å². The number of carbonyl (C=O) groups excluding carboxylic acids is 1. The molecule has 1 aromatic carbocycles. The van der Waals surface area contributed by atoms with Gasteiger partial charge in [0.1, 0.15) is 0 Å². The highest BCUT2D eigenvalue weighted by Crippen LogP contribution is 2.30. The molecule has 1 saturated heterocycles. The van der Waals surface area contributed by atoms with E-state index in [0.29, 0.717) is 6.54 Å². The maximum Gasteiger partial charge on any atom is 0.241 e. The van der Waals surface area contributed by atoms with Crippen LogP contribution >= 0.6 is 0 Å². The summed E-state index contributed by atoms with van der Waals surface area (Å²) in [7, 11) is 0. The van der Waals surface area contributed by atoms with Crippen molar-refractivity contribution in [2.45, 2.75) is 47.1 Å². The lowest BCUT2D eigenvalue weighted by Gasteiger charge is -2.27. The van der Waals surface area contributed by atoms with E-state index in [1.807, 2.05) is 20.8 Å². The topological polar surface area (TPSA) is 58.4 Å². The normalized spacial score (nSPS) is 23.5. The van der Waals surface area contributed by atoms with E-state index < -0.39 is 0 Å². The van der Waals surface area contributed by atoms with E-state index >= 15 is 0 Å². The second-order valence-electron chi connectivity index (χ2n) is 7.17. The molecule has 1 aliphatic rings. The van der Waals surface area contributed by atoms with E-state index in [2.05, 4.69) is 36.2 Å². The monoisotopic (exact) mass is 303 g/mol. The van der Waals surface area contributed by atoms with E-state index in [0.717, 1.165) is 36.3 Å². The SMILES string of the molecule is Cc1cc(C)c(NC(=O)C(C)N2CCC(C)(CN)C2)c(C)c1. The predicted molar refractivity (Wildman–Crippen MR) is 92.1 cm³/mol. The van der Waals surface area contributed by atoms with E-state index in [1.54, 1.807) is 0 Å². The van der Waals surface area contributed by atoms with Gasteiger partial charge >= 0.3 is 0 Å². The van der Waals surface area contributed by atoms with Gasteiger partial charge in [-0.15, -0.1) is 0 Å². The van der Waals surface area contributed by atoms with Crippen molar-refractivity contribution in [2.75, 3.05) is 25.0 Å². The highest BCUT2D eigenvalue weighted by molar-refractivity contribution is 5.96. The summed E-state index contributed by atoms with van der Waals surface area (Å²) >= 11 is 0. The predicted octanol–water partition coefficient (Wildman–Crippen LogP) is 2.61. The number of carbonyl (C=O) groups is 1. The molecule has 1 heterocycles. The van der Waals surface area contributed by atoms with Crippen molar-refractivity contribution in [1.29, 1.82) is 0 Å². The summed E-state index contributed by atoms with van der Waals surface area (Å²) in [5.41, 5.74) is 10.4. The molecule has 22 heavy (non-hydrogen) atoms. The number of rotatable bonds is 4. The molecule has 2 unspecified atom stereocenters. The average Bonchev–Trinajstić information content (AvgIpc) is 2.85. The van der Waals surface area contributed by atoms with Gasteiger partial charge in [0, 0.05) is 12.2 Å². The quantitative estimate of drug-likeness (QED) is 0.899. The highest BCUT2D eigenvalue weighted by atomic mass is 16.2. The van der Waals surface area contributed by atoms with Crippen LogP contribution in [0.25, 0.3) is 0 Å². The maximum atomic E-state index is 12.6. The maximum absolute atomic E-state index is 12.6. The van der Waals surface area contributed by atoms with Crippen molar-refractivity contribution in [3.63, 3.8) is 0 Å². The summed E-state index contributed by atoms with van der Waals surface area (Å²) in [4.78, 5) is 14.8. The Morgan fingerprint density at radius 2 is 1.95 bits per heavy atom. The molecule has 0 radical (unpaired) electrons. The number of hydrogen-bond donors (Lipinski definition) is 2. The second-order valence-corrected chi connectivity index (χ2v) is 7.17. The molecule has 0 aliphatic carbocycles. The molecule has 4 heteroatoms. The molecule has 2 atom stereocenters. The molecule has 4 nitrogen and oxygen atoms in total. The molecule has 2 rings (SSSR count). The third-order valence-electron chi connectivity index (χ3n) is 4.93. The van der Waals surface area contributed by atoms with Crippen molar-refractivity contribution >= 4 is 11.6 Å². The number of anilines is 1. The number of nitrogens with zero attached hydrogens (tertiary/aromatic N) is 1. The average molecular weight is 303 g/mol. The minimum atomic E-state index is -0.131.